The summed E-state index contributed by atoms with van der Waals surface area (Å²) in [5, 5.41) is 0.559. The number of nitrogens with zero attached hydrogens (tertiary/aromatic N) is 2. The highest BCUT2D eigenvalue weighted by Gasteiger charge is 2.31. The number of hydrogen-bond acceptors (Lipinski definition) is 2. The second kappa shape index (κ2) is 4.97. The molecule has 3 unspecified atom stereocenters. The second-order valence-corrected chi connectivity index (χ2v) is 6.06. The maximum Gasteiger partial charge on any atom is 0.128 e. The van der Waals surface area contributed by atoms with Gasteiger partial charge < -0.3 is 9.30 Å². The van der Waals surface area contributed by atoms with Gasteiger partial charge in [-0.1, -0.05) is 17.7 Å². The Bertz CT molecular complexity index is 609. The highest BCUT2D eigenvalue weighted by atomic mass is 35.5. The fourth-order valence-electron chi connectivity index (χ4n) is 2.80. The van der Waals surface area contributed by atoms with Crippen LogP contribution in [0.5, 0.6) is 0 Å². The Morgan fingerprint density at radius 3 is 2.89 bits per heavy atom. The van der Waals surface area contributed by atoms with E-state index in [-0.39, 0.29) is 17.5 Å². The van der Waals surface area contributed by atoms with Gasteiger partial charge in [0.1, 0.15) is 5.82 Å². The summed E-state index contributed by atoms with van der Waals surface area (Å²) >= 11 is 12.7. The first-order valence-electron chi connectivity index (χ1n) is 6.51. The highest BCUT2D eigenvalue weighted by Crippen LogP contribution is 2.36. The molecule has 1 aromatic carbocycles. The lowest BCUT2D eigenvalue weighted by Gasteiger charge is -2.21. The van der Waals surface area contributed by atoms with E-state index in [2.05, 4.69) is 16.5 Å². The van der Waals surface area contributed by atoms with Crippen LogP contribution in [0.4, 0.5) is 0 Å². The molecule has 3 nitrogen and oxygen atoms in total. The van der Waals surface area contributed by atoms with Gasteiger partial charge in [-0.15, -0.1) is 11.6 Å². The molecule has 0 aliphatic carbocycles. The van der Waals surface area contributed by atoms with Crippen LogP contribution < -0.4 is 0 Å². The van der Waals surface area contributed by atoms with E-state index in [0.717, 1.165) is 29.9 Å². The van der Waals surface area contributed by atoms with E-state index in [1.165, 1.54) is 0 Å². The van der Waals surface area contributed by atoms with E-state index in [1.54, 1.807) is 0 Å². The first-order chi connectivity index (χ1) is 9.09. The van der Waals surface area contributed by atoms with Crippen molar-refractivity contribution in [3.8, 4) is 0 Å². The number of para-hydroxylation sites is 1. The van der Waals surface area contributed by atoms with Gasteiger partial charge >= 0.3 is 0 Å². The molecule has 2 aromatic rings. The van der Waals surface area contributed by atoms with Crippen molar-refractivity contribution in [2.75, 3.05) is 6.61 Å². The Kier molecular flexibility index (Phi) is 3.46. The average molecular weight is 299 g/mol. The number of ether oxygens (including phenoxy) is 1. The van der Waals surface area contributed by atoms with Gasteiger partial charge in [-0.25, -0.2) is 4.98 Å². The minimum absolute atomic E-state index is 0.155. The summed E-state index contributed by atoms with van der Waals surface area (Å²) in [7, 11) is 0. The van der Waals surface area contributed by atoms with Crippen molar-refractivity contribution in [1.29, 1.82) is 0 Å². The molecule has 3 rings (SSSR count). The number of fused-ring (bicyclic) bond motifs is 1. The lowest BCUT2D eigenvalue weighted by Crippen LogP contribution is -2.19. The van der Waals surface area contributed by atoms with Crippen molar-refractivity contribution >= 4 is 34.2 Å². The summed E-state index contributed by atoms with van der Waals surface area (Å²) in [6.45, 7) is 4.79. The van der Waals surface area contributed by atoms with Crippen LogP contribution >= 0.6 is 23.2 Å². The van der Waals surface area contributed by atoms with Crippen LogP contribution in [0.1, 0.15) is 37.5 Å². The summed E-state index contributed by atoms with van der Waals surface area (Å²) in [6.07, 6.45) is 1.12. The molecule has 0 bridgehead atoms. The van der Waals surface area contributed by atoms with Crippen LogP contribution in [0.25, 0.3) is 11.0 Å². The quantitative estimate of drug-likeness (QED) is 0.771. The van der Waals surface area contributed by atoms with E-state index >= 15 is 0 Å². The van der Waals surface area contributed by atoms with E-state index in [4.69, 9.17) is 27.9 Å². The Labute approximate surface area is 122 Å². The fraction of sp³-hybridized carbons (Fsp3) is 0.500. The predicted octanol–water partition coefficient (Wildman–Crippen LogP) is 4.34. The highest BCUT2D eigenvalue weighted by molar-refractivity contribution is 6.35. The summed E-state index contributed by atoms with van der Waals surface area (Å²) in [4.78, 5) is 4.64. The molecule has 19 heavy (non-hydrogen) atoms. The van der Waals surface area contributed by atoms with E-state index in [0.29, 0.717) is 5.02 Å². The molecule has 1 saturated heterocycles. The van der Waals surface area contributed by atoms with Crippen LogP contribution in [0.15, 0.2) is 18.2 Å². The number of rotatable bonds is 2. The molecular formula is C14H16Cl2N2O. The van der Waals surface area contributed by atoms with E-state index in [9.17, 15) is 0 Å². The predicted molar refractivity (Wildman–Crippen MR) is 78.1 cm³/mol. The van der Waals surface area contributed by atoms with Gasteiger partial charge in [-0.05, 0) is 32.4 Å². The molecule has 2 heterocycles. The maximum atomic E-state index is 6.36. The minimum atomic E-state index is -0.156. The number of imidazole rings is 1. The van der Waals surface area contributed by atoms with Gasteiger partial charge in [-0.2, -0.15) is 0 Å². The van der Waals surface area contributed by atoms with Crippen LogP contribution in [0.3, 0.4) is 0 Å². The van der Waals surface area contributed by atoms with Gasteiger partial charge in [-0.3, -0.25) is 0 Å². The third-order valence-electron chi connectivity index (χ3n) is 3.71. The molecule has 0 spiro atoms. The molecule has 0 radical (unpaired) electrons. The molecule has 1 aromatic heterocycles. The van der Waals surface area contributed by atoms with Crippen LogP contribution in [0.2, 0.25) is 5.02 Å². The van der Waals surface area contributed by atoms with E-state index in [1.807, 2.05) is 25.1 Å². The van der Waals surface area contributed by atoms with Crippen molar-refractivity contribution < 1.29 is 4.74 Å². The maximum absolute atomic E-state index is 6.36. The average Bonchev–Trinajstić information content (AvgIpc) is 2.93. The Balaban J connectivity index is 2.27. The minimum Gasteiger partial charge on any atom is -0.376 e. The zero-order valence-electron chi connectivity index (χ0n) is 10.9. The normalized spacial score (nSPS) is 25.1. The topological polar surface area (TPSA) is 27.1 Å². The summed E-state index contributed by atoms with van der Waals surface area (Å²) in [5.74, 6) is 0.868. The van der Waals surface area contributed by atoms with Crippen LogP contribution in [-0.2, 0) is 4.74 Å². The number of halogens is 2. The van der Waals surface area contributed by atoms with Crippen molar-refractivity contribution in [2.24, 2.45) is 0 Å². The van der Waals surface area contributed by atoms with Crippen LogP contribution in [0, 0.1) is 0 Å². The van der Waals surface area contributed by atoms with Gasteiger partial charge in [0, 0.05) is 6.61 Å². The lowest BCUT2D eigenvalue weighted by atomic mass is 10.1. The smallest absolute Gasteiger partial charge is 0.128 e. The Morgan fingerprint density at radius 2 is 2.26 bits per heavy atom. The monoisotopic (exact) mass is 298 g/mol. The summed E-state index contributed by atoms with van der Waals surface area (Å²) in [6, 6.07) is 6.03. The SMILES string of the molecule is CC(Cl)c1nc2cccc(Cl)c2n1C1CCOC1C. The van der Waals surface area contributed by atoms with Gasteiger partial charge in [0.2, 0.25) is 0 Å². The molecule has 3 atom stereocenters. The number of alkyl halides is 1. The fourth-order valence-corrected chi connectivity index (χ4v) is 3.21. The Morgan fingerprint density at radius 1 is 1.47 bits per heavy atom. The molecule has 102 valence electrons. The lowest BCUT2D eigenvalue weighted by molar-refractivity contribution is 0.108. The molecular weight excluding hydrogens is 283 g/mol. The third kappa shape index (κ3) is 2.14. The third-order valence-corrected chi connectivity index (χ3v) is 4.21. The molecule has 1 aliphatic rings. The summed E-state index contributed by atoms with van der Waals surface area (Å²) < 4.78 is 7.85. The standard InChI is InChI=1S/C14H16Cl2N2O/c1-8(15)14-17-11-5-3-4-10(16)13(11)18(14)12-6-7-19-9(12)2/h3-5,8-9,12H,6-7H2,1-2H3. The molecule has 5 heteroatoms. The first kappa shape index (κ1) is 13.2. The second-order valence-electron chi connectivity index (χ2n) is 5.00. The Hall–Kier alpha value is -0.770. The largest absolute Gasteiger partial charge is 0.376 e. The van der Waals surface area contributed by atoms with E-state index < -0.39 is 0 Å². The molecule has 1 aliphatic heterocycles. The molecule has 1 fully saturated rings. The molecule has 0 amide bonds. The summed E-state index contributed by atoms with van der Waals surface area (Å²) in [5.41, 5.74) is 1.86. The number of benzene rings is 1. The van der Waals surface area contributed by atoms with Gasteiger partial charge in [0.15, 0.2) is 0 Å². The van der Waals surface area contributed by atoms with Crippen molar-refractivity contribution in [1.82, 2.24) is 9.55 Å². The number of aromatic nitrogens is 2. The van der Waals surface area contributed by atoms with Gasteiger partial charge in [0.25, 0.3) is 0 Å². The van der Waals surface area contributed by atoms with Crippen molar-refractivity contribution in [3.05, 3.63) is 29.0 Å². The van der Waals surface area contributed by atoms with Gasteiger partial charge in [0.05, 0.1) is 33.6 Å². The molecule has 0 N–H and O–H groups in total. The van der Waals surface area contributed by atoms with Crippen molar-refractivity contribution in [2.45, 2.75) is 37.8 Å². The zero-order chi connectivity index (χ0) is 13.6. The number of hydrogen-bond donors (Lipinski definition) is 0. The molecule has 0 saturated carbocycles. The zero-order valence-corrected chi connectivity index (χ0v) is 12.4. The van der Waals surface area contributed by atoms with Crippen molar-refractivity contribution in [3.63, 3.8) is 0 Å². The van der Waals surface area contributed by atoms with Crippen LogP contribution in [-0.4, -0.2) is 22.3 Å². The first-order valence-corrected chi connectivity index (χ1v) is 7.33.